The predicted molar refractivity (Wildman–Crippen MR) is 134 cm³/mol. The van der Waals surface area contributed by atoms with Gasteiger partial charge in [0, 0.05) is 25.7 Å². The molecule has 0 aromatic heterocycles. The maximum Gasteiger partial charge on any atom is 0.514 e. The highest BCUT2D eigenvalue weighted by atomic mass is 16.7. The second-order valence-electron chi connectivity index (χ2n) is 9.42. The number of nitrogens with zero attached hydrogens (tertiary/aromatic N) is 4. The van der Waals surface area contributed by atoms with Crippen LogP contribution in [-0.2, 0) is 14.3 Å². The number of benzene rings is 1. The molecule has 1 aliphatic heterocycles. The minimum absolute atomic E-state index is 0.0266. The molecule has 1 aromatic rings. The van der Waals surface area contributed by atoms with Gasteiger partial charge in [-0.1, -0.05) is 0 Å². The molecule has 1 saturated heterocycles. The van der Waals surface area contributed by atoms with Crippen LogP contribution in [0, 0.1) is 21.4 Å². The average molecular weight is 533 g/mol. The number of likely N-dealkylation sites (tertiary alicyclic amines) is 1. The van der Waals surface area contributed by atoms with Crippen LogP contribution in [0.25, 0.3) is 6.08 Å². The fourth-order valence-electron chi connectivity index (χ4n) is 3.76. The molecule has 1 heterocycles. The van der Waals surface area contributed by atoms with E-state index in [0.717, 1.165) is 18.2 Å². The lowest BCUT2D eigenvalue weighted by Gasteiger charge is -2.28. The first-order valence-corrected chi connectivity index (χ1v) is 12.1. The fraction of sp³-hybridized carbons (Fsp3) is 0.520. The van der Waals surface area contributed by atoms with Crippen molar-refractivity contribution in [3.63, 3.8) is 0 Å². The minimum Gasteiger partial charge on any atom is -0.499 e. The lowest BCUT2D eigenvalue weighted by Crippen LogP contribution is -2.42. The van der Waals surface area contributed by atoms with E-state index in [-0.39, 0.29) is 17.7 Å². The molecule has 1 atom stereocenters. The van der Waals surface area contributed by atoms with Crippen molar-refractivity contribution in [2.24, 2.45) is 0 Å². The Kier molecular flexibility index (Phi) is 10.0. The number of ether oxygens (including phenoxy) is 3. The van der Waals surface area contributed by atoms with Crippen LogP contribution >= 0.6 is 0 Å². The zero-order valence-electron chi connectivity index (χ0n) is 22.1. The summed E-state index contributed by atoms with van der Waals surface area (Å²) in [5.74, 6) is -2.12. The number of nitro groups is 1. The van der Waals surface area contributed by atoms with E-state index in [1.807, 2.05) is 0 Å². The topological polar surface area (TPSA) is 173 Å². The van der Waals surface area contributed by atoms with E-state index in [9.17, 15) is 34.9 Å². The Bertz CT molecular complexity index is 1150. The quantitative estimate of drug-likeness (QED) is 0.129. The number of carbonyl (C=O) groups excluding carboxylic acids is 3. The molecule has 1 unspecified atom stereocenters. The molecule has 0 saturated carbocycles. The summed E-state index contributed by atoms with van der Waals surface area (Å²) in [6, 6.07) is 3.32. The van der Waals surface area contributed by atoms with Crippen LogP contribution in [0.1, 0.15) is 53.0 Å². The van der Waals surface area contributed by atoms with Crippen molar-refractivity contribution >= 4 is 29.9 Å². The van der Waals surface area contributed by atoms with E-state index in [2.05, 4.69) is 0 Å². The molecule has 1 aliphatic rings. The smallest absolute Gasteiger partial charge is 0.499 e. The Morgan fingerprint density at radius 3 is 2.50 bits per heavy atom. The predicted octanol–water partition coefficient (Wildman–Crippen LogP) is 3.99. The molecule has 13 nitrogen and oxygen atoms in total. The van der Waals surface area contributed by atoms with E-state index in [0.29, 0.717) is 32.5 Å². The second kappa shape index (κ2) is 12.8. The monoisotopic (exact) mass is 532 g/mol. The molecule has 1 N–H and O–H groups in total. The van der Waals surface area contributed by atoms with E-state index in [1.54, 1.807) is 40.7 Å². The third kappa shape index (κ3) is 7.83. The third-order valence-electron chi connectivity index (χ3n) is 5.58. The van der Waals surface area contributed by atoms with Gasteiger partial charge < -0.3 is 29.1 Å². The number of likely N-dealkylation sites (N-methyl/N-ethyl adjacent to an activating group) is 1. The first kappa shape index (κ1) is 29.9. The summed E-state index contributed by atoms with van der Waals surface area (Å²) in [5.41, 5.74) is -1.83. The number of hydrogen-bond acceptors (Lipinski definition) is 10. The van der Waals surface area contributed by atoms with Crippen molar-refractivity contribution in [1.29, 1.82) is 5.26 Å². The van der Waals surface area contributed by atoms with Crippen LogP contribution in [0.2, 0.25) is 0 Å². The summed E-state index contributed by atoms with van der Waals surface area (Å²) in [7, 11) is 0. The van der Waals surface area contributed by atoms with Crippen LogP contribution in [0.5, 0.6) is 11.5 Å². The minimum atomic E-state index is -1.27. The van der Waals surface area contributed by atoms with Gasteiger partial charge in [0.1, 0.15) is 23.9 Å². The summed E-state index contributed by atoms with van der Waals surface area (Å²) >= 11 is 0. The van der Waals surface area contributed by atoms with Crippen molar-refractivity contribution in [2.75, 3.05) is 26.2 Å². The highest BCUT2D eigenvalue weighted by Gasteiger charge is 2.33. The molecule has 0 aliphatic carbocycles. The number of nitro benzene ring substituents is 1. The SMILES string of the molecule is CCN(CC)C(=O)C(C#N)=Cc1cc(OC(=O)OCC2CCCN2C(=O)OC(C)(C)C)c(O)c([N+](=O)[O-])c1. The first-order valence-electron chi connectivity index (χ1n) is 12.1. The largest absolute Gasteiger partial charge is 0.514 e. The van der Waals surface area contributed by atoms with E-state index in [4.69, 9.17) is 14.2 Å². The normalized spacial score (nSPS) is 15.4. The molecular weight excluding hydrogens is 500 g/mol. The van der Waals surface area contributed by atoms with Gasteiger partial charge in [-0.25, -0.2) is 9.59 Å². The number of carbonyl (C=O) groups is 3. The standard InChI is InChI=1S/C25H32N4O9/c1-6-27(7-2)22(31)17(14-26)11-16-12-19(29(34)35)21(30)20(13-16)37-24(33)36-15-18-9-8-10-28(18)23(32)38-25(3,4)5/h11-13,18,30H,6-10,15H2,1-5H3. The van der Waals surface area contributed by atoms with Gasteiger partial charge in [0.15, 0.2) is 5.75 Å². The Morgan fingerprint density at radius 2 is 1.95 bits per heavy atom. The van der Waals surface area contributed by atoms with Gasteiger partial charge in [0.05, 0.1) is 11.0 Å². The number of amides is 2. The van der Waals surface area contributed by atoms with Crippen LogP contribution in [0.4, 0.5) is 15.3 Å². The lowest BCUT2D eigenvalue weighted by atomic mass is 10.1. The van der Waals surface area contributed by atoms with E-state index in [1.165, 1.54) is 9.80 Å². The molecule has 0 radical (unpaired) electrons. The Morgan fingerprint density at radius 1 is 1.29 bits per heavy atom. The third-order valence-corrected chi connectivity index (χ3v) is 5.58. The zero-order chi connectivity index (χ0) is 28.6. The van der Waals surface area contributed by atoms with Crippen LogP contribution in [0.3, 0.4) is 0 Å². The van der Waals surface area contributed by atoms with Crippen molar-refractivity contribution < 1.29 is 38.6 Å². The average Bonchev–Trinajstić information content (AvgIpc) is 3.31. The summed E-state index contributed by atoms with van der Waals surface area (Å²) in [4.78, 5) is 50.8. The second-order valence-corrected chi connectivity index (χ2v) is 9.42. The number of hydrogen-bond donors (Lipinski definition) is 1. The number of phenolic OH excluding ortho intramolecular Hbond substituents is 1. The number of aromatic hydroxyl groups is 1. The van der Waals surface area contributed by atoms with Gasteiger partial charge in [-0.2, -0.15) is 5.26 Å². The summed E-state index contributed by atoms with van der Waals surface area (Å²) in [5, 5.41) is 31.2. The van der Waals surface area contributed by atoms with Crippen LogP contribution < -0.4 is 4.74 Å². The van der Waals surface area contributed by atoms with Gasteiger partial charge in [-0.3, -0.25) is 14.9 Å². The Balaban J connectivity index is 2.22. The van der Waals surface area contributed by atoms with Crippen molar-refractivity contribution in [3.8, 4) is 17.6 Å². The molecule has 2 rings (SSSR count). The Labute approximate surface area is 220 Å². The number of nitriles is 1. The molecule has 0 spiro atoms. The summed E-state index contributed by atoms with van der Waals surface area (Å²) in [6.45, 7) is 9.56. The van der Waals surface area contributed by atoms with Crippen molar-refractivity contribution in [2.45, 2.75) is 59.1 Å². The highest BCUT2D eigenvalue weighted by Crippen LogP contribution is 2.38. The van der Waals surface area contributed by atoms with Crippen molar-refractivity contribution in [1.82, 2.24) is 9.80 Å². The number of rotatable bonds is 8. The number of phenols is 1. The fourth-order valence-corrected chi connectivity index (χ4v) is 3.76. The van der Waals surface area contributed by atoms with Gasteiger partial charge in [0.25, 0.3) is 5.91 Å². The molecule has 1 aromatic carbocycles. The Hall–Kier alpha value is -4.34. The highest BCUT2D eigenvalue weighted by molar-refractivity contribution is 6.01. The van der Waals surface area contributed by atoms with Crippen LogP contribution in [-0.4, -0.2) is 75.9 Å². The molecule has 38 heavy (non-hydrogen) atoms. The molecule has 1 fully saturated rings. The first-order chi connectivity index (χ1) is 17.8. The lowest BCUT2D eigenvalue weighted by molar-refractivity contribution is -0.385. The van der Waals surface area contributed by atoms with Gasteiger partial charge in [-0.15, -0.1) is 0 Å². The zero-order valence-corrected chi connectivity index (χ0v) is 22.1. The maximum atomic E-state index is 12.6. The summed E-state index contributed by atoms with van der Waals surface area (Å²) < 4.78 is 15.5. The molecular formula is C25H32N4O9. The molecule has 2 amide bonds. The van der Waals surface area contributed by atoms with Gasteiger partial charge in [0.2, 0.25) is 5.75 Å². The van der Waals surface area contributed by atoms with Crippen LogP contribution in [0.15, 0.2) is 17.7 Å². The van der Waals surface area contributed by atoms with E-state index >= 15 is 0 Å². The molecule has 0 bridgehead atoms. The van der Waals surface area contributed by atoms with E-state index < -0.39 is 51.9 Å². The van der Waals surface area contributed by atoms with Crippen molar-refractivity contribution in [3.05, 3.63) is 33.4 Å². The van der Waals surface area contributed by atoms with Gasteiger partial charge >= 0.3 is 17.9 Å². The summed E-state index contributed by atoms with van der Waals surface area (Å²) in [6.07, 6.45) is 0.518. The molecule has 13 heteroatoms. The molecule has 206 valence electrons. The maximum absolute atomic E-state index is 12.6. The van der Waals surface area contributed by atoms with Gasteiger partial charge in [-0.05, 0) is 65.2 Å².